The molecule has 2 nitrogen and oxygen atoms in total. The van der Waals surface area contributed by atoms with Gasteiger partial charge in [-0.25, -0.2) is 0 Å². The molecule has 130 valence electrons. The number of rotatable bonds is 9. The van der Waals surface area contributed by atoms with Crippen LogP contribution in [0.5, 0.6) is 5.75 Å². The van der Waals surface area contributed by atoms with Crippen LogP contribution in [0.25, 0.3) is 0 Å². The summed E-state index contributed by atoms with van der Waals surface area (Å²) in [6, 6.07) is 8.47. The highest BCUT2D eigenvalue weighted by atomic mass is 16.7. The molecule has 23 heavy (non-hydrogen) atoms. The Morgan fingerprint density at radius 1 is 1.00 bits per heavy atom. The van der Waals surface area contributed by atoms with Crippen LogP contribution in [0.1, 0.15) is 78.2 Å². The smallest absolute Gasteiger partial charge is 0.200 e. The van der Waals surface area contributed by atoms with Crippen molar-refractivity contribution >= 4 is 0 Å². The van der Waals surface area contributed by atoms with Gasteiger partial charge >= 0.3 is 0 Å². The van der Waals surface area contributed by atoms with Crippen molar-refractivity contribution in [2.45, 2.75) is 91.5 Å². The maximum atomic E-state index is 6.31. The first-order valence-corrected chi connectivity index (χ1v) is 9.49. The van der Waals surface area contributed by atoms with Crippen molar-refractivity contribution < 1.29 is 9.47 Å². The van der Waals surface area contributed by atoms with E-state index >= 15 is 0 Å². The van der Waals surface area contributed by atoms with Gasteiger partial charge in [0.05, 0.1) is 6.10 Å². The Bertz CT molecular complexity index is 441. The largest absolute Gasteiger partial charge is 0.465 e. The molecule has 0 N–H and O–H groups in total. The lowest BCUT2D eigenvalue weighted by Crippen LogP contribution is -2.32. The predicted molar refractivity (Wildman–Crippen MR) is 96.9 cm³/mol. The minimum atomic E-state index is -0.129. The van der Waals surface area contributed by atoms with Crippen molar-refractivity contribution in [3.8, 4) is 5.75 Å². The summed E-state index contributed by atoms with van der Waals surface area (Å²) in [6.07, 6.45) is 9.60. The van der Waals surface area contributed by atoms with Crippen LogP contribution in [0.3, 0.4) is 0 Å². The Labute approximate surface area is 142 Å². The fourth-order valence-corrected chi connectivity index (χ4v) is 3.60. The first kappa shape index (κ1) is 18.3. The van der Waals surface area contributed by atoms with Gasteiger partial charge in [-0.2, -0.15) is 0 Å². The van der Waals surface area contributed by atoms with Crippen molar-refractivity contribution in [3.05, 3.63) is 29.8 Å². The molecule has 0 radical (unpaired) electrons. The molecule has 0 heterocycles. The molecule has 0 saturated heterocycles. The van der Waals surface area contributed by atoms with Crippen molar-refractivity contribution in [2.24, 2.45) is 5.41 Å². The monoisotopic (exact) mass is 318 g/mol. The molecule has 1 saturated carbocycles. The zero-order chi connectivity index (χ0) is 16.7. The summed E-state index contributed by atoms with van der Waals surface area (Å²) in [5.74, 6) is 0.930. The van der Waals surface area contributed by atoms with Crippen LogP contribution in [0.15, 0.2) is 24.3 Å². The summed E-state index contributed by atoms with van der Waals surface area (Å²) in [5, 5.41) is 0. The number of hydrogen-bond donors (Lipinski definition) is 0. The van der Waals surface area contributed by atoms with Crippen LogP contribution in [-0.2, 0) is 11.2 Å². The number of ether oxygens (including phenoxy) is 2. The second kappa shape index (κ2) is 8.73. The Morgan fingerprint density at radius 2 is 1.61 bits per heavy atom. The van der Waals surface area contributed by atoms with Crippen LogP contribution in [0.4, 0.5) is 0 Å². The molecule has 2 rings (SSSR count). The number of hydrogen-bond acceptors (Lipinski definition) is 2. The van der Waals surface area contributed by atoms with Gasteiger partial charge in [0, 0.05) is 6.42 Å². The van der Waals surface area contributed by atoms with Gasteiger partial charge in [-0.1, -0.05) is 52.7 Å². The second-order valence-corrected chi connectivity index (χ2v) is 7.34. The molecular weight excluding hydrogens is 284 g/mol. The van der Waals surface area contributed by atoms with E-state index in [1.54, 1.807) is 0 Å². The van der Waals surface area contributed by atoms with Gasteiger partial charge < -0.3 is 9.47 Å². The third kappa shape index (κ3) is 5.53. The molecule has 0 amide bonds. The van der Waals surface area contributed by atoms with Gasteiger partial charge in [0.15, 0.2) is 0 Å². The van der Waals surface area contributed by atoms with Gasteiger partial charge in [0.25, 0.3) is 0 Å². The minimum Gasteiger partial charge on any atom is -0.465 e. The first-order chi connectivity index (χ1) is 11.1. The summed E-state index contributed by atoms with van der Waals surface area (Å²) in [6.45, 7) is 8.96. The van der Waals surface area contributed by atoms with E-state index < -0.39 is 0 Å². The van der Waals surface area contributed by atoms with E-state index in [4.69, 9.17) is 9.47 Å². The summed E-state index contributed by atoms with van der Waals surface area (Å²) in [4.78, 5) is 0. The topological polar surface area (TPSA) is 18.5 Å². The van der Waals surface area contributed by atoms with Crippen molar-refractivity contribution in [1.29, 1.82) is 0 Å². The van der Waals surface area contributed by atoms with Gasteiger partial charge in [-0.15, -0.1) is 0 Å². The predicted octanol–water partition coefficient (Wildman–Crippen LogP) is 6.13. The van der Waals surface area contributed by atoms with E-state index in [-0.39, 0.29) is 6.29 Å². The van der Waals surface area contributed by atoms with E-state index in [0.29, 0.717) is 11.5 Å². The molecule has 1 aliphatic rings. The van der Waals surface area contributed by atoms with Crippen LogP contribution in [0, 0.1) is 5.41 Å². The maximum Gasteiger partial charge on any atom is 0.200 e. The van der Waals surface area contributed by atoms with E-state index in [1.807, 2.05) is 0 Å². The Morgan fingerprint density at radius 3 is 2.13 bits per heavy atom. The summed E-state index contributed by atoms with van der Waals surface area (Å²) in [5.41, 5.74) is 1.72. The molecule has 1 fully saturated rings. The Balaban J connectivity index is 2.04. The quantitative estimate of drug-likeness (QED) is 0.510. The van der Waals surface area contributed by atoms with Gasteiger partial charge in [-0.05, 0) is 55.2 Å². The average molecular weight is 319 g/mol. The third-order valence-corrected chi connectivity index (χ3v) is 5.32. The van der Waals surface area contributed by atoms with E-state index in [0.717, 1.165) is 31.4 Å². The van der Waals surface area contributed by atoms with Crippen LogP contribution in [0.2, 0.25) is 0 Å². The fourth-order valence-electron chi connectivity index (χ4n) is 3.60. The summed E-state index contributed by atoms with van der Waals surface area (Å²) < 4.78 is 12.6. The third-order valence-electron chi connectivity index (χ3n) is 5.32. The Kier molecular flexibility index (Phi) is 6.95. The highest BCUT2D eigenvalue weighted by molar-refractivity contribution is 5.27. The van der Waals surface area contributed by atoms with E-state index in [2.05, 4.69) is 52.0 Å². The van der Waals surface area contributed by atoms with Crippen molar-refractivity contribution in [2.75, 3.05) is 0 Å². The average Bonchev–Trinajstić information content (AvgIpc) is 2.99. The van der Waals surface area contributed by atoms with Gasteiger partial charge in [0.1, 0.15) is 5.75 Å². The fraction of sp³-hybridized carbons (Fsp3) is 0.714. The first-order valence-electron chi connectivity index (χ1n) is 9.49. The van der Waals surface area contributed by atoms with Crippen LogP contribution in [-0.4, -0.2) is 12.4 Å². The highest BCUT2D eigenvalue weighted by Gasteiger charge is 2.33. The van der Waals surface area contributed by atoms with E-state index in [9.17, 15) is 0 Å². The molecule has 0 aliphatic heterocycles. The second-order valence-electron chi connectivity index (χ2n) is 7.34. The molecule has 1 aromatic carbocycles. The molecule has 0 spiro atoms. The molecule has 2 heteroatoms. The lowest BCUT2D eigenvalue weighted by atomic mass is 9.85. The molecule has 1 atom stereocenters. The molecule has 1 aromatic rings. The maximum absolute atomic E-state index is 6.31. The Hall–Kier alpha value is -1.02. The number of benzene rings is 1. The highest BCUT2D eigenvalue weighted by Crippen LogP contribution is 2.42. The molecular formula is C21H34O2. The summed E-state index contributed by atoms with van der Waals surface area (Å²) >= 11 is 0. The van der Waals surface area contributed by atoms with Gasteiger partial charge in [0.2, 0.25) is 6.29 Å². The molecule has 0 aromatic heterocycles. The zero-order valence-electron chi connectivity index (χ0n) is 15.4. The number of aryl methyl sites for hydroxylation is 1. The lowest BCUT2D eigenvalue weighted by molar-refractivity contribution is -0.138. The molecule has 1 aliphatic carbocycles. The van der Waals surface area contributed by atoms with Crippen LogP contribution >= 0.6 is 0 Å². The minimum absolute atomic E-state index is 0.129. The van der Waals surface area contributed by atoms with E-state index in [1.165, 1.54) is 31.2 Å². The van der Waals surface area contributed by atoms with Crippen molar-refractivity contribution in [3.63, 3.8) is 0 Å². The zero-order valence-corrected chi connectivity index (χ0v) is 15.4. The van der Waals surface area contributed by atoms with Crippen LogP contribution < -0.4 is 4.74 Å². The molecule has 1 unspecified atom stereocenters. The molecule has 0 bridgehead atoms. The standard InChI is InChI=1S/C21H34O2/c1-5-17-10-12-19(13-11-17)23-20(22-18(6-2)7-3)16-21(4)14-8-9-15-21/h10-13,18,20H,5-9,14-16H2,1-4H3. The van der Waals surface area contributed by atoms with Crippen molar-refractivity contribution in [1.82, 2.24) is 0 Å². The summed E-state index contributed by atoms with van der Waals surface area (Å²) in [7, 11) is 0. The van der Waals surface area contributed by atoms with Gasteiger partial charge in [-0.3, -0.25) is 0 Å². The lowest BCUT2D eigenvalue weighted by Gasteiger charge is -2.31. The SMILES string of the molecule is CCc1ccc(OC(CC2(C)CCCC2)OC(CC)CC)cc1. The normalized spacial score (nSPS) is 18.3.